The van der Waals surface area contributed by atoms with Crippen molar-refractivity contribution in [2.45, 2.75) is 26.5 Å². The fraction of sp³-hybridized carbons (Fsp3) is 0.200. The number of hydrogen-bond donors (Lipinski definition) is 1. The van der Waals surface area contributed by atoms with Crippen molar-refractivity contribution in [2.24, 2.45) is 0 Å². The first kappa shape index (κ1) is 21.1. The van der Waals surface area contributed by atoms with Gasteiger partial charge >= 0.3 is 0 Å². The van der Waals surface area contributed by atoms with Crippen molar-refractivity contribution in [1.82, 2.24) is 10.3 Å². The molecule has 0 spiro atoms. The maximum absolute atomic E-state index is 12.1. The molecule has 0 bridgehead atoms. The maximum Gasteiger partial charge on any atom is 0.244 e. The van der Waals surface area contributed by atoms with Crippen LogP contribution in [0.2, 0.25) is 0 Å². The molecule has 2 aromatic carbocycles. The van der Waals surface area contributed by atoms with Gasteiger partial charge in [-0.05, 0) is 67.4 Å². The van der Waals surface area contributed by atoms with Crippen LogP contribution in [-0.4, -0.2) is 24.0 Å². The molecule has 0 unspecified atom stereocenters. The number of benzene rings is 2. The molecule has 3 aromatic rings. The van der Waals surface area contributed by atoms with Crippen molar-refractivity contribution in [3.05, 3.63) is 90.3 Å². The average Bonchev–Trinajstić information content (AvgIpc) is 2.77. The van der Waals surface area contributed by atoms with E-state index in [9.17, 15) is 4.79 Å². The van der Waals surface area contributed by atoms with E-state index in [1.54, 1.807) is 24.5 Å². The number of rotatable bonds is 8. The molecule has 0 fully saturated rings. The molecular weight excluding hydrogens is 374 g/mol. The second kappa shape index (κ2) is 10.3. The smallest absolute Gasteiger partial charge is 0.244 e. The Hall–Kier alpha value is -3.60. The Morgan fingerprint density at radius 1 is 1.00 bits per heavy atom. The summed E-state index contributed by atoms with van der Waals surface area (Å²) in [5.74, 6) is 0.695. The summed E-state index contributed by atoms with van der Waals surface area (Å²) in [5.41, 5.74) is 4.13. The summed E-state index contributed by atoms with van der Waals surface area (Å²) < 4.78 is 5.62. The number of nitrogens with zero attached hydrogens (tertiary/aromatic N) is 2. The number of amides is 1. The van der Waals surface area contributed by atoms with Crippen molar-refractivity contribution in [3.63, 3.8) is 0 Å². The summed E-state index contributed by atoms with van der Waals surface area (Å²) in [5, 5.41) is 2.91. The van der Waals surface area contributed by atoms with E-state index >= 15 is 0 Å². The minimum absolute atomic E-state index is 0.129. The van der Waals surface area contributed by atoms with Gasteiger partial charge in [0.1, 0.15) is 5.75 Å². The summed E-state index contributed by atoms with van der Waals surface area (Å²) in [4.78, 5) is 18.3. The Labute approximate surface area is 178 Å². The van der Waals surface area contributed by atoms with Crippen LogP contribution in [0.3, 0.4) is 0 Å². The third-order valence-electron chi connectivity index (χ3n) is 4.52. The SMILES string of the molecule is CC(C)Oc1ccc(C=CC(=O)NCc2ccc(N(C)c3ccncc3)cc2)cc1. The second-order valence-electron chi connectivity index (χ2n) is 7.22. The summed E-state index contributed by atoms with van der Waals surface area (Å²) >= 11 is 0. The van der Waals surface area contributed by atoms with Gasteiger partial charge in [-0.25, -0.2) is 0 Å². The highest BCUT2D eigenvalue weighted by atomic mass is 16.5. The molecule has 1 heterocycles. The van der Waals surface area contributed by atoms with Crippen LogP contribution in [0.4, 0.5) is 11.4 Å². The standard InChI is InChI=1S/C25H27N3O2/c1-19(2)30-24-11-6-20(7-12-24)8-13-25(29)27-18-21-4-9-22(10-5-21)28(3)23-14-16-26-17-15-23/h4-17,19H,18H2,1-3H3,(H,27,29). The van der Waals surface area contributed by atoms with Crippen LogP contribution in [0.25, 0.3) is 6.08 Å². The molecule has 0 radical (unpaired) electrons. The van der Waals surface area contributed by atoms with Crippen LogP contribution >= 0.6 is 0 Å². The summed E-state index contributed by atoms with van der Waals surface area (Å²) in [6, 6.07) is 19.7. The number of anilines is 2. The number of hydrogen-bond acceptors (Lipinski definition) is 4. The highest BCUT2D eigenvalue weighted by Gasteiger charge is 2.04. The molecule has 0 aliphatic carbocycles. The average molecular weight is 402 g/mol. The van der Waals surface area contributed by atoms with Crippen LogP contribution < -0.4 is 15.0 Å². The van der Waals surface area contributed by atoms with Gasteiger partial charge in [0, 0.05) is 43.4 Å². The monoisotopic (exact) mass is 401 g/mol. The van der Waals surface area contributed by atoms with Gasteiger partial charge in [0.25, 0.3) is 0 Å². The summed E-state index contributed by atoms with van der Waals surface area (Å²) in [6.07, 6.45) is 7.03. The topological polar surface area (TPSA) is 54.5 Å². The molecule has 3 rings (SSSR count). The van der Waals surface area contributed by atoms with Crippen molar-refractivity contribution < 1.29 is 9.53 Å². The molecule has 0 atom stereocenters. The van der Waals surface area contributed by atoms with Crippen molar-refractivity contribution in [1.29, 1.82) is 0 Å². The summed E-state index contributed by atoms with van der Waals surface area (Å²) in [6.45, 7) is 4.46. The van der Waals surface area contributed by atoms with E-state index in [-0.39, 0.29) is 12.0 Å². The van der Waals surface area contributed by atoms with Gasteiger partial charge in [-0.15, -0.1) is 0 Å². The lowest BCUT2D eigenvalue weighted by atomic mass is 10.2. The number of pyridine rings is 1. The lowest BCUT2D eigenvalue weighted by Crippen LogP contribution is -2.20. The van der Waals surface area contributed by atoms with E-state index in [2.05, 4.69) is 15.2 Å². The highest BCUT2D eigenvalue weighted by Crippen LogP contribution is 2.22. The molecule has 0 aliphatic rings. The highest BCUT2D eigenvalue weighted by molar-refractivity contribution is 5.91. The first-order valence-corrected chi connectivity index (χ1v) is 9.96. The van der Waals surface area contributed by atoms with Gasteiger partial charge in [0.2, 0.25) is 5.91 Å². The van der Waals surface area contributed by atoms with Crippen LogP contribution in [0.5, 0.6) is 5.75 Å². The zero-order valence-electron chi connectivity index (χ0n) is 17.6. The van der Waals surface area contributed by atoms with Gasteiger partial charge in [0.05, 0.1) is 6.10 Å². The van der Waals surface area contributed by atoms with Gasteiger partial charge in [0.15, 0.2) is 0 Å². The third-order valence-corrected chi connectivity index (χ3v) is 4.52. The molecule has 1 aromatic heterocycles. The van der Waals surface area contributed by atoms with Crippen LogP contribution in [0, 0.1) is 0 Å². The number of carbonyl (C=O) groups is 1. The lowest BCUT2D eigenvalue weighted by molar-refractivity contribution is -0.116. The second-order valence-corrected chi connectivity index (χ2v) is 7.22. The first-order chi connectivity index (χ1) is 14.5. The minimum Gasteiger partial charge on any atom is -0.491 e. The van der Waals surface area contributed by atoms with E-state index in [1.165, 1.54) is 0 Å². The normalized spacial score (nSPS) is 10.9. The number of nitrogens with one attached hydrogen (secondary N) is 1. The molecule has 30 heavy (non-hydrogen) atoms. The predicted octanol–water partition coefficient (Wildman–Crippen LogP) is 4.97. The number of ether oxygens (including phenoxy) is 1. The Kier molecular flexibility index (Phi) is 7.22. The van der Waals surface area contributed by atoms with E-state index in [0.29, 0.717) is 6.54 Å². The molecule has 0 saturated carbocycles. The fourth-order valence-electron chi connectivity index (χ4n) is 2.90. The first-order valence-electron chi connectivity index (χ1n) is 9.96. The quantitative estimate of drug-likeness (QED) is 0.542. The molecule has 154 valence electrons. The Balaban J connectivity index is 1.50. The van der Waals surface area contributed by atoms with Gasteiger partial charge < -0.3 is 15.0 Å². The van der Waals surface area contributed by atoms with Gasteiger partial charge in [-0.3, -0.25) is 9.78 Å². The molecule has 1 N–H and O–H groups in total. The van der Waals surface area contributed by atoms with Crippen molar-refractivity contribution in [3.8, 4) is 5.75 Å². The Morgan fingerprint density at radius 3 is 2.27 bits per heavy atom. The Bertz CT molecular complexity index is 966. The van der Waals surface area contributed by atoms with E-state index < -0.39 is 0 Å². The zero-order valence-corrected chi connectivity index (χ0v) is 17.6. The van der Waals surface area contributed by atoms with Gasteiger partial charge in [-0.1, -0.05) is 24.3 Å². The predicted molar refractivity (Wildman–Crippen MR) is 122 cm³/mol. The van der Waals surface area contributed by atoms with Gasteiger partial charge in [-0.2, -0.15) is 0 Å². The summed E-state index contributed by atoms with van der Waals surface area (Å²) in [7, 11) is 2.01. The van der Waals surface area contributed by atoms with Crippen molar-refractivity contribution in [2.75, 3.05) is 11.9 Å². The zero-order chi connectivity index (χ0) is 21.3. The van der Waals surface area contributed by atoms with E-state index in [4.69, 9.17) is 4.74 Å². The van der Waals surface area contributed by atoms with Crippen molar-refractivity contribution >= 4 is 23.4 Å². The largest absolute Gasteiger partial charge is 0.491 e. The maximum atomic E-state index is 12.1. The molecule has 5 heteroatoms. The molecular formula is C25H27N3O2. The van der Waals surface area contributed by atoms with Crippen LogP contribution in [0.15, 0.2) is 79.1 Å². The fourth-order valence-corrected chi connectivity index (χ4v) is 2.90. The minimum atomic E-state index is -0.129. The number of aromatic nitrogens is 1. The molecule has 0 saturated heterocycles. The number of carbonyl (C=O) groups excluding carboxylic acids is 1. The third kappa shape index (κ3) is 6.21. The Morgan fingerprint density at radius 2 is 1.63 bits per heavy atom. The lowest BCUT2D eigenvalue weighted by Gasteiger charge is -2.19. The molecule has 5 nitrogen and oxygen atoms in total. The van der Waals surface area contributed by atoms with E-state index in [0.717, 1.165) is 28.3 Å². The van der Waals surface area contributed by atoms with Crippen LogP contribution in [0.1, 0.15) is 25.0 Å². The van der Waals surface area contributed by atoms with Crippen LogP contribution in [-0.2, 0) is 11.3 Å². The molecule has 1 amide bonds. The van der Waals surface area contributed by atoms with E-state index in [1.807, 2.05) is 81.6 Å². The molecule has 0 aliphatic heterocycles.